The summed E-state index contributed by atoms with van der Waals surface area (Å²) >= 11 is 0. The summed E-state index contributed by atoms with van der Waals surface area (Å²) in [5.41, 5.74) is 0. The molecule has 2 N–H and O–H groups in total. The zero-order chi connectivity index (χ0) is 10.6. The Morgan fingerprint density at radius 2 is 2.43 bits per heavy atom. The van der Waals surface area contributed by atoms with E-state index in [4.69, 9.17) is 9.52 Å². The Kier molecular flexibility index (Phi) is 3.64. The fourth-order valence-corrected chi connectivity index (χ4v) is 1.15. The van der Waals surface area contributed by atoms with Crippen LogP contribution >= 0.6 is 0 Å². The SMILES string of the molecule is CC(C)C(NCc1cnco1)C(=O)O. The normalized spacial score (nSPS) is 13.1. The van der Waals surface area contributed by atoms with Gasteiger partial charge in [-0.3, -0.25) is 10.1 Å². The number of aromatic nitrogens is 1. The molecule has 1 rings (SSSR count). The molecule has 1 aromatic heterocycles. The first kappa shape index (κ1) is 10.7. The molecular weight excluding hydrogens is 184 g/mol. The lowest BCUT2D eigenvalue weighted by Gasteiger charge is -2.16. The molecule has 0 aliphatic heterocycles. The van der Waals surface area contributed by atoms with Gasteiger partial charge in [0.15, 0.2) is 6.39 Å². The summed E-state index contributed by atoms with van der Waals surface area (Å²) in [6.45, 7) is 4.09. The second-order valence-electron chi connectivity index (χ2n) is 3.41. The minimum atomic E-state index is -0.848. The van der Waals surface area contributed by atoms with Crippen molar-refractivity contribution in [2.24, 2.45) is 5.92 Å². The summed E-state index contributed by atoms with van der Waals surface area (Å²) in [4.78, 5) is 14.5. The van der Waals surface area contributed by atoms with Crippen molar-refractivity contribution in [1.29, 1.82) is 0 Å². The molecule has 78 valence electrons. The molecule has 0 spiro atoms. The van der Waals surface area contributed by atoms with E-state index in [1.54, 1.807) is 6.20 Å². The minimum Gasteiger partial charge on any atom is -0.480 e. The van der Waals surface area contributed by atoms with E-state index in [1.165, 1.54) is 6.39 Å². The van der Waals surface area contributed by atoms with Crippen LogP contribution in [0.5, 0.6) is 0 Å². The fraction of sp³-hybridized carbons (Fsp3) is 0.556. The molecule has 0 fully saturated rings. The molecule has 0 amide bonds. The highest BCUT2D eigenvalue weighted by molar-refractivity contribution is 5.73. The second kappa shape index (κ2) is 4.76. The Balaban J connectivity index is 2.45. The van der Waals surface area contributed by atoms with Gasteiger partial charge in [0.25, 0.3) is 0 Å². The third-order valence-corrected chi connectivity index (χ3v) is 1.91. The average Bonchev–Trinajstić information content (AvgIpc) is 2.55. The molecule has 0 aromatic carbocycles. The van der Waals surface area contributed by atoms with Crippen molar-refractivity contribution in [2.45, 2.75) is 26.4 Å². The van der Waals surface area contributed by atoms with E-state index in [2.05, 4.69) is 10.3 Å². The van der Waals surface area contributed by atoms with E-state index in [1.807, 2.05) is 13.8 Å². The van der Waals surface area contributed by atoms with Crippen LogP contribution in [0, 0.1) is 5.92 Å². The third-order valence-electron chi connectivity index (χ3n) is 1.91. The lowest BCUT2D eigenvalue weighted by molar-refractivity contribution is -0.140. The summed E-state index contributed by atoms with van der Waals surface area (Å²) < 4.78 is 4.98. The average molecular weight is 198 g/mol. The molecule has 0 aliphatic rings. The van der Waals surface area contributed by atoms with Crippen LogP contribution in [0.4, 0.5) is 0 Å². The molecule has 0 radical (unpaired) electrons. The summed E-state index contributed by atoms with van der Waals surface area (Å²) in [5, 5.41) is 11.8. The zero-order valence-corrected chi connectivity index (χ0v) is 8.23. The molecular formula is C9H14N2O3. The van der Waals surface area contributed by atoms with Gasteiger partial charge in [-0.25, -0.2) is 4.98 Å². The predicted molar refractivity (Wildman–Crippen MR) is 49.6 cm³/mol. The number of hydrogen-bond acceptors (Lipinski definition) is 4. The second-order valence-corrected chi connectivity index (χ2v) is 3.41. The molecule has 0 bridgehead atoms. The maximum absolute atomic E-state index is 10.8. The minimum absolute atomic E-state index is 0.0374. The highest BCUT2D eigenvalue weighted by Crippen LogP contribution is 2.04. The molecule has 14 heavy (non-hydrogen) atoms. The van der Waals surface area contributed by atoms with Gasteiger partial charge in [0.2, 0.25) is 0 Å². The van der Waals surface area contributed by atoms with Crippen LogP contribution in [0.1, 0.15) is 19.6 Å². The van der Waals surface area contributed by atoms with Crippen LogP contribution in [-0.2, 0) is 11.3 Å². The van der Waals surface area contributed by atoms with Gasteiger partial charge in [0.05, 0.1) is 12.7 Å². The maximum Gasteiger partial charge on any atom is 0.320 e. The van der Waals surface area contributed by atoms with E-state index in [9.17, 15) is 4.79 Å². The van der Waals surface area contributed by atoms with Crippen molar-refractivity contribution in [1.82, 2.24) is 10.3 Å². The Morgan fingerprint density at radius 3 is 2.86 bits per heavy atom. The van der Waals surface area contributed by atoms with Gasteiger partial charge in [0, 0.05) is 0 Å². The van der Waals surface area contributed by atoms with Crippen LogP contribution in [-0.4, -0.2) is 22.1 Å². The Morgan fingerprint density at radius 1 is 1.71 bits per heavy atom. The van der Waals surface area contributed by atoms with Gasteiger partial charge in [-0.1, -0.05) is 13.8 Å². The molecule has 5 nitrogen and oxygen atoms in total. The summed E-state index contributed by atoms with van der Waals surface area (Å²) in [7, 11) is 0. The number of carbonyl (C=O) groups is 1. The maximum atomic E-state index is 10.8. The summed E-state index contributed by atoms with van der Waals surface area (Å²) in [5.74, 6) is -0.174. The van der Waals surface area contributed by atoms with E-state index in [0.29, 0.717) is 12.3 Å². The number of aliphatic carboxylic acids is 1. The predicted octanol–water partition coefficient (Wildman–Crippen LogP) is 0.873. The van der Waals surface area contributed by atoms with E-state index >= 15 is 0 Å². The van der Waals surface area contributed by atoms with Crippen molar-refractivity contribution in [2.75, 3.05) is 0 Å². The molecule has 1 aromatic rings. The van der Waals surface area contributed by atoms with Crippen LogP contribution in [0.25, 0.3) is 0 Å². The first-order chi connectivity index (χ1) is 6.61. The standard InChI is InChI=1S/C9H14N2O3/c1-6(2)8(9(12)13)11-4-7-3-10-5-14-7/h3,5-6,8,11H,4H2,1-2H3,(H,12,13). The van der Waals surface area contributed by atoms with Crippen LogP contribution < -0.4 is 5.32 Å². The molecule has 5 heteroatoms. The highest BCUT2D eigenvalue weighted by atomic mass is 16.4. The van der Waals surface area contributed by atoms with Crippen molar-refractivity contribution in [3.63, 3.8) is 0 Å². The zero-order valence-electron chi connectivity index (χ0n) is 8.23. The monoisotopic (exact) mass is 198 g/mol. The van der Waals surface area contributed by atoms with Gasteiger partial charge >= 0.3 is 5.97 Å². The van der Waals surface area contributed by atoms with Crippen LogP contribution in [0.15, 0.2) is 17.0 Å². The van der Waals surface area contributed by atoms with Crippen LogP contribution in [0.3, 0.4) is 0 Å². The lowest BCUT2D eigenvalue weighted by atomic mass is 10.1. The van der Waals surface area contributed by atoms with E-state index < -0.39 is 12.0 Å². The number of carboxylic acid groups (broad SMARTS) is 1. The van der Waals surface area contributed by atoms with Gasteiger partial charge in [-0.2, -0.15) is 0 Å². The topological polar surface area (TPSA) is 75.4 Å². The number of nitrogens with one attached hydrogen (secondary N) is 1. The van der Waals surface area contributed by atoms with Crippen molar-refractivity contribution < 1.29 is 14.3 Å². The van der Waals surface area contributed by atoms with Crippen molar-refractivity contribution in [3.8, 4) is 0 Å². The number of nitrogens with zero attached hydrogens (tertiary/aromatic N) is 1. The summed E-state index contributed by atoms with van der Waals surface area (Å²) in [6.07, 6.45) is 2.88. The number of rotatable bonds is 5. The molecule has 0 saturated carbocycles. The Labute approximate surface area is 82.1 Å². The summed E-state index contributed by atoms with van der Waals surface area (Å²) in [6, 6.07) is -0.555. The van der Waals surface area contributed by atoms with Gasteiger partial charge in [-0.15, -0.1) is 0 Å². The highest BCUT2D eigenvalue weighted by Gasteiger charge is 2.20. The number of carboxylic acids is 1. The molecule has 1 unspecified atom stereocenters. The van der Waals surface area contributed by atoms with Crippen LogP contribution in [0.2, 0.25) is 0 Å². The molecule has 0 saturated heterocycles. The van der Waals surface area contributed by atoms with Crippen molar-refractivity contribution >= 4 is 5.97 Å². The van der Waals surface area contributed by atoms with Gasteiger partial charge in [0.1, 0.15) is 11.8 Å². The first-order valence-electron chi connectivity index (χ1n) is 4.45. The fourth-order valence-electron chi connectivity index (χ4n) is 1.15. The Hall–Kier alpha value is -1.36. The smallest absolute Gasteiger partial charge is 0.320 e. The van der Waals surface area contributed by atoms with Gasteiger partial charge in [-0.05, 0) is 5.92 Å². The van der Waals surface area contributed by atoms with Crippen molar-refractivity contribution in [3.05, 3.63) is 18.4 Å². The third kappa shape index (κ3) is 2.85. The largest absolute Gasteiger partial charge is 0.480 e. The lowest BCUT2D eigenvalue weighted by Crippen LogP contribution is -2.40. The molecule has 0 aliphatic carbocycles. The van der Waals surface area contributed by atoms with E-state index in [-0.39, 0.29) is 5.92 Å². The van der Waals surface area contributed by atoms with E-state index in [0.717, 1.165) is 0 Å². The quantitative estimate of drug-likeness (QED) is 0.734. The first-order valence-corrected chi connectivity index (χ1v) is 4.45. The number of hydrogen-bond donors (Lipinski definition) is 2. The molecule has 1 atom stereocenters. The van der Waals surface area contributed by atoms with Gasteiger partial charge < -0.3 is 9.52 Å². The number of oxazole rings is 1. The Bertz CT molecular complexity index is 282. The molecule has 1 heterocycles.